The Morgan fingerprint density at radius 1 is 1.30 bits per heavy atom. The van der Waals surface area contributed by atoms with Crippen LogP contribution in [0.4, 0.5) is 4.79 Å². The van der Waals surface area contributed by atoms with E-state index in [1.54, 1.807) is 0 Å². The molecule has 0 saturated carbocycles. The van der Waals surface area contributed by atoms with Crippen molar-refractivity contribution in [2.45, 2.75) is 73.0 Å². The number of amides is 1. The van der Waals surface area contributed by atoms with Gasteiger partial charge in [-0.3, -0.25) is 0 Å². The van der Waals surface area contributed by atoms with Crippen LogP contribution >= 0.6 is 0 Å². The van der Waals surface area contributed by atoms with Crippen molar-refractivity contribution in [1.29, 1.82) is 0 Å². The van der Waals surface area contributed by atoms with Gasteiger partial charge in [-0.05, 0) is 52.9 Å². The summed E-state index contributed by atoms with van der Waals surface area (Å²) in [5, 5.41) is 0. The second-order valence-corrected chi connectivity index (χ2v) is 8.19. The number of rotatable bonds is 1. The summed E-state index contributed by atoms with van der Waals surface area (Å²) in [6.07, 6.45) is 7.41. The quantitative estimate of drug-likeness (QED) is 0.677. The molecule has 1 atom stereocenters. The molecular formula is C17H29NO2. The zero-order valence-electron chi connectivity index (χ0n) is 14.0. The summed E-state index contributed by atoms with van der Waals surface area (Å²) in [5.41, 5.74) is -0.713. The largest absolute Gasteiger partial charge is 0.444 e. The first-order valence-corrected chi connectivity index (χ1v) is 7.35. The molecule has 20 heavy (non-hydrogen) atoms. The van der Waals surface area contributed by atoms with Crippen LogP contribution in [0, 0.1) is 23.2 Å². The molecule has 1 unspecified atom stereocenters. The Morgan fingerprint density at radius 2 is 1.85 bits per heavy atom. The van der Waals surface area contributed by atoms with Crippen molar-refractivity contribution < 1.29 is 9.53 Å². The molecule has 0 aliphatic carbocycles. The second-order valence-electron chi connectivity index (χ2n) is 8.19. The van der Waals surface area contributed by atoms with Crippen LogP contribution in [-0.2, 0) is 4.74 Å². The molecule has 1 aliphatic rings. The monoisotopic (exact) mass is 279 g/mol. The molecule has 0 bridgehead atoms. The maximum Gasteiger partial charge on any atom is 0.410 e. The van der Waals surface area contributed by atoms with Gasteiger partial charge in [-0.1, -0.05) is 19.8 Å². The average molecular weight is 279 g/mol. The SMILES string of the molecule is C#CC(C)(C)C1CCC(C)(C)CN1C(=O)OC(C)(C)C. The molecule has 3 nitrogen and oxygen atoms in total. The zero-order chi connectivity index (χ0) is 15.8. The molecule has 0 aromatic rings. The zero-order valence-corrected chi connectivity index (χ0v) is 14.0. The summed E-state index contributed by atoms with van der Waals surface area (Å²) >= 11 is 0. The van der Waals surface area contributed by atoms with Crippen LogP contribution in [0.25, 0.3) is 0 Å². The Balaban J connectivity index is 3.00. The van der Waals surface area contributed by atoms with Crippen LogP contribution in [0.1, 0.15) is 61.3 Å². The first kappa shape index (κ1) is 16.9. The summed E-state index contributed by atoms with van der Waals surface area (Å²) in [6, 6.07) is 0.0374. The van der Waals surface area contributed by atoms with Gasteiger partial charge in [0, 0.05) is 12.0 Å². The van der Waals surface area contributed by atoms with Crippen molar-refractivity contribution in [1.82, 2.24) is 4.90 Å². The van der Waals surface area contributed by atoms with Crippen LogP contribution in [-0.4, -0.2) is 29.2 Å². The molecule has 0 spiro atoms. The highest BCUT2D eigenvalue weighted by Gasteiger charge is 2.43. The van der Waals surface area contributed by atoms with Crippen LogP contribution < -0.4 is 0 Å². The summed E-state index contributed by atoms with van der Waals surface area (Å²) < 4.78 is 5.56. The number of likely N-dealkylation sites (tertiary alicyclic amines) is 1. The lowest BCUT2D eigenvalue weighted by atomic mass is 9.73. The van der Waals surface area contributed by atoms with Gasteiger partial charge in [0.15, 0.2) is 0 Å². The van der Waals surface area contributed by atoms with Gasteiger partial charge >= 0.3 is 6.09 Å². The van der Waals surface area contributed by atoms with E-state index in [0.717, 1.165) is 12.8 Å². The molecule has 114 valence electrons. The van der Waals surface area contributed by atoms with Crippen LogP contribution in [0.5, 0.6) is 0 Å². The van der Waals surface area contributed by atoms with Gasteiger partial charge in [-0.2, -0.15) is 0 Å². The van der Waals surface area contributed by atoms with Gasteiger partial charge in [0.05, 0.1) is 6.04 Å². The Bertz CT molecular complexity index is 410. The molecule has 3 heteroatoms. The lowest BCUT2D eigenvalue weighted by Gasteiger charge is -2.48. The maximum atomic E-state index is 12.5. The Kier molecular flexibility index (Phi) is 4.49. The van der Waals surface area contributed by atoms with E-state index in [2.05, 4.69) is 19.8 Å². The number of ether oxygens (including phenoxy) is 1. The molecule has 0 N–H and O–H groups in total. The summed E-state index contributed by atoms with van der Waals surface area (Å²) in [7, 11) is 0. The lowest BCUT2D eigenvalue weighted by Crippen LogP contribution is -2.56. The van der Waals surface area contributed by atoms with Gasteiger partial charge in [-0.25, -0.2) is 4.79 Å². The van der Waals surface area contributed by atoms with E-state index in [1.807, 2.05) is 39.5 Å². The van der Waals surface area contributed by atoms with E-state index in [4.69, 9.17) is 11.2 Å². The fourth-order valence-electron chi connectivity index (χ4n) is 2.69. The molecule has 0 radical (unpaired) electrons. The van der Waals surface area contributed by atoms with E-state index in [0.29, 0.717) is 6.54 Å². The average Bonchev–Trinajstić information content (AvgIpc) is 2.25. The highest BCUT2D eigenvalue weighted by molar-refractivity contribution is 5.69. The third kappa shape index (κ3) is 4.16. The fraction of sp³-hybridized carbons (Fsp3) is 0.824. The smallest absolute Gasteiger partial charge is 0.410 e. The van der Waals surface area contributed by atoms with Gasteiger partial charge < -0.3 is 9.64 Å². The standard InChI is InChI=1S/C17H29NO2/c1-9-17(7,8)13-10-11-16(5,6)12-18(13)14(19)20-15(2,3)4/h1,13H,10-12H2,2-8H3. The predicted octanol–water partition coefficient (Wildman–Crippen LogP) is 4.07. The second kappa shape index (κ2) is 5.31. The van der Waals surface area contributed by atoms with Crippen LogP contribution in [0.3, 0.4) is 0 Å². The minimum atomic E-state index is -0.483. The highest BCUT2D eigenvalue weighted by Crippen LogP contribution is 2.39. The van der Waals surface area contributed by atoms with Gasteiger partial charge in [0.25, 0.3) is 0 Å². The molecule has 1 saturated heterocycles. The molecule has 1 amide bonds. The fourth-order valence-corrected chi connectivity index (χ4v) is 2.69. The van der Waals surface area contributed by atoms with Gasteiger partial charge in [0.2, 0.25) is 0 Å². The number of hydrogen-bond donors (Lipinski definition) is 0. The Labute approximate surface area is 124 Å². The van der Waals surface area contributed by atoms with E-state index in [-0.39, 0.29) is 23.0 Å². The molecule has 0 aromatic heterocycles. The summed E-state index contributed by atoms with van der Waals surface area (Å²) in [5.74, 6) is 2.84. The first-order valence-electron chi connectivity index (χ1n) is 7.35. The summed E-state index contributed by atoms with van der Waals surface area (Å²) in [6.45, 7) is 14.8. The van der Waals surface area contributed by atoms with Crippen molar-refractivity contribution >= 4 is 6.09 Å². The normalized spacial score (nSPS) is 23.1. The number of terminal acetylenes is 1. The number of nitrogens with zero attached hydrogens (tertiary/aromatic N) is 1. The van der Waals surface area contributed by atoms with Crippen LogP contribution in [0.15, 0.2) is 0 Å². The predicted molar refractivity (Wildman–Crippen MR) is 82.4 cm³/mol. The highest BCUT2D eigenvalue weighted by atomic mass is 16.6. The number of carbonyl (C=O) groups excluding carboxylic acids is 1. The lowest BCUT2D eigenvalue weighted by molar-refractivity contribution is -0.0229. The Morgan fingerprint density at radius 3 is 2.30 bits per heavy atom. The minimum absolute atomic E-state index is 0.0374. The van der Waals surface area contributed by atoms with Crippen molar-refractivity contribution in [3.63, 3.8) is 0 Å². The van der Waals surface area contributed by atoms with Crippen LogP contribution in [0.2, 0.25) is 0 Å². The third-order valence-electron chi connectivity index (χ3n) is 3.90. The molecule has 0 aromatic carbocycles. The number of hydrogen-bond acceptors (Lipinski definition) is 2. The van der Waals surface area contributed by atoms with Crippen molar-refractivity contribution in [3.05, 3.63) is 0 Å². The van der Waals surface area contributed by atoms with Gasteiger partial charge in [0.1, 0.15) is 5.60 Å². The molecule has 1 aliphatic heterocycles. The molecule has 1 rings (SSSR count). The minimum Gasteiger partial charge on any atom is -0.444 e. The van der Waals surface area contributed by atoms with Gasteiger partial charge in [-0.15, -0.1) is 6.42 Å². The molecular weight excluding hydrogens is 250 g/mol. The van der Waals surface area contributed by atoms with E-state index in [1.165, 1.54) is 0 Å². The first-order chi connectivity index (χ1) is 8.88. The molecule has 1 fully saturated rings. The van der Waals surface area contributed by atoms with E-state index in [9.17, 15) is 4.79 Å². The summed E-state index contributed by atoms with van der Waals surface area (Å²) in [4.78, 5) is 14.4. The molecule has 1 heterocycles. The third-order valence-corrected chi connectivity index (χ3v) is 3.90. The number of piperidine rings is 1. The number of carbonyl (C=O) groups is 1. The Hall–Kier alpha value is -1.17. The van der Waals surface area contributed by atoms with Crippen molar-refractivity contribution in [2.24, 2.45) is 10.8 Å². The topological polar surface area (TPSA) is 29.5 Å². The van der Waals surface area contributed by atoms with E-state index < -0.39 is 5.60 Å². The van der Waals surface area contributed by atoms with Crippen molar-refractivity contribution in [2.75, 3.05) is 6.54 Å². The van der Waals surface area contributed by atoms with E-state index >= 15 is 0 Å². The maximum absolute atomic E-state index is 12.5. The van der Waals surface area contributed by atoms with Crippen molar-refractivity contribution in [3.8, 4) is 12.3 Å².